The molecule has 0 aliphatic heterocycles. The van der Waals surface area contributed by atoms with E-state index in [1.165, 1.54) is 12.0 Å². The number of ether oxygens (including phenoxy) is 1. The van der Waals surface area contributed by atoms with E-state index >= 15 is 0 Å². The Morgan fingerprint density at radius 1 is 1.22 bits per heavy atom. The van der Waals surface area contributed by atoms with Crippen molar-refractivity contribution in [2.24, 2.45) is 5.92 Å². The van der Waals surface area contributed by atoms with Crippen molar-refractivity contribution in [3.63, 3.8) is 0 Å². The molecule has 0 unspecified atom stereocenters. The number of hydrogen-bond donors (Lipinski definition) is 1. The van der Waals surface area contributed by atoms with Gasteiger partial charge in [0.25, 0.3) is 5.91 Å². The standard InChI is InChI=1S/C19H27NO3/c1-4-15-9-11-16(12-10-15)19(22)23-14(3)18(21)20-17-8-6-5-7-13(17)2/h9-14,17H,4-8H2,1-3H3,(H,20,21)/t13-,14-,17-/m0/s1. The Kier molecular flexibility index (Phi) is 6.20. The fraction of sp³-hybridized carbons (Fsp3) is 0.579. The van der Waals surface area contributed by atoms with Crippen molar-refractivity contribution in [3.05, 3.63) is 35.4 Å². The lowest BCUT2D eigenvalue weighted by Crippen LogP contribution is -2.45. The van der Waals surface area contributed by atoms with Crippen LogP contribution in [-0.2, 0) is 16.0 Å². The van der Waals surface area contributed by atoms with Gasteiger partial charge in [-0.2, -0.15) is 0 Å². The van der Waals surface area contributed by atoms with Gasteiger partial charge in [-0.3, -0.25) is 4.79 Å². The van der Waals surface area contributed by atoms with Gasteiger partial charge >= 0.3 is 5.97 Å². The molecule has 0 heterocycles. The van der Waals surface area contributed by atoms with Crippen molar-refractivity contribution < 1.29 is 14.3 Å². The molecule has 1 saturated carbocycles. The van der Waals surface area contributed by atoms with E-state index < -0.39 is 12.1 Å². The first-order chi connectivity index (χ1) is 11.0. The average molecular weight is 317 g/mol. The lowest BCUT2D eigenvalue weighted by atomic mass is 9.86. The van der Waals surface area contributed by atoms with Gasteiger partial charge < -0.3 is 10.1 Å². The smallest absolute Gasteiger partial charge is 0.338 e. The average Bonchev–Trinajstić information content (AvgIpc) is 2.56. The minimum atomic E-state index is -0.775. The number of hydrogen-bond acceptors (Lipinski definition) is 3. The van der Waals surface area contributed by atoms with Crippen molar-refractivity contribution >= 4 is 11.9 Å². The van der Waals surface area contributed by atoms with Gasteiger partial charge in [0.1, 0.15) is 0 Å². The summed E-state index contributed by atoms with van der Waals surface area (Å²) in [4.78, 5) is 24.3. The number of esters is 1. The molecular weight excluding hydrogens is 290 g/mol. The lowest BCUT2D eigenvalue weighted by Gasteiger charge is -2.30. The Hall–Kier alpha value is -1.84. The first kappa shape index (κ1) is 17.5. The van der Waals surface area contributed by atoms with Crippen molar-refractivity contribution in [3.8, 4) is 0 Å². The Morgan fingerprint density at radius 3 is 2.48 bits per heavy atom. The highest BCUT2D eigenvalue weighted by Crippen LogP contribution is 2.23. The third-order valence-corrected chi connectivity index (χ3v) is 4.69. The number of carbonyl (C=O) groups is 2. The molecule has 0 saturated heterocycles. The summed E-state index contributed by atoms with van der Waals surface area (Å²) >= 11 is 0. The number of amides is 1. The number of carbonyl (C=O) groups excluding carboxylic acids is 2. The predicted molar refractivity (Wildman–Crippen MR) is 90.3 cm³/mol. The zero-order chi connectivity index (χ0) is 16.8. The highest BCUT2D eigenvalue weighted by Gasteiger charge is 2.26. The van der Waals surface area contributed by atoms with Gasteiger partial charge in [-0.05, 0) is 49.8 Å². The van der Waals surface area contributed by atoms with Gasteiger partial charge in [0.2, 0.25) is 0 Å². The van der Waals surface area contributed by atoms with Crippen LogP contribution in [0.1, 0.15) is 62.4 Å². The monoisotopic (exact) mass is 317 g/mol. The van der Waals surface area contributed by atoms with Crippen LogP contribution in [0.15, 0.2) is 24.3 Å². The number of rotatable bonds is 5. The van der Waals surface area contributed by atoms with Crippen LogP contribution in [0.5, 0.6) is 0 Å². The number of nitrogens with one attached hydrogen (secondary N) is 1. The Labute approximate surface area is 138 Å². The molecule has 0 bridgehead atoms. The second-order valence-corrected chi connectivity index (χ2v) is 6.47. The van der Waals surface area contributed by atoms with Crippen LogP contribution < -0.4 is 5.32 Å². The van der Waals surface area contributed by atoms with E-state index in [0.29, 0.717) is 11.5 Å². The minimum Gasteiger partial charge on any atom is -0.449 e. The maximum Gasteiger partial charge on any atom is 0.338 e. The van der Waals surface area contributed by atoms with E-state index in [1.807, 2.05) is 12.1 Å². The highest BCUT2D eigenvalue weighted by atomic mass is 16.5. The molecule has 3 atom stereocenters. The molecule has 1 aromatic carbocycles. The quantitative estimate of drug-likeness (QED) is 0.846. The SMILES string of the molecule is CCc1ccc(C(=O)O[C@@H](C)C(=O)N[C@H]2CCCC[C@@H]2C)cc1. The van der Waals surface area contributed by atoms with Crippen LogP contribution >= 0.6 is 0 Å². The second-order valence-electron chi connectivity index (χ2n) is 6.47. The largest absolute Gasteiger partial charge is 0.449 e. The molecule has 0 aromatic heterocycles. The molecule has 23 heavy (non-hydrogen) atoms. The Bertz CT molecular complexity index is 538. The summed E-state index contributed by atoms with van der Waals surface area (Å²) in [6.07, 6.45) is 4.67. The summed E-state index contributed by atoms with van der Waals surface area (Å²) < 4.78 is 5.30. The van der Waals surface area contributed by atoms with Crippen molar-refractivity contribution in [1.82, 2.24) is 5.32 Å². The Balaban J connectivity index is 1.87. The van der Waals surface area contributed by atoms with Gasteiger partial charge in [-0.1, -0.05) is 38.8 Å². The van der Waals surface area contributed by atoms with Crippen LogP contribution in [0.2, 0.25) is 0 Å². The molecule has 2 rings (SSSR count). The van der Waals surface area contributed by atoms with E-state index in [1.54, 1.807) is 19.1 Å². The molecule has 4 heteroatoms. The summed E-state index contributed by atoms with van der Waals surface area (Å²) in [5.41, 5.74) is 1.64. The second kappa shape index (κ2) is 8.14. The molecule has 1 aromatic rings. The van der Waals surface area contributed by atoms with Gasteiger partial charge in [-0.15, -0.1) is 0 Å². The van der Waals surface area contributed by atoms with E-state index in [-0.39, 0.29) is 11.9 Å². The van der Waals surface area contributed by atoms with Crippen LogP contribution in [-0.4, -0.2) is 24.0 Å². The van der Waals surface area contributed by atoms with Crippen molar-refractivity contribution in [2.45, 2.75) is 65.0 Å². The first-order valence-corrected chi connectivity index (χ1v) is 8.61. The van der Waals surface area contributed by atoms with Gasteiger partial charge in [0, 0.05) is 6.04 Å². The summed E-state index contributed by atoms with van der Waals surface area (Å²) in [6.45, 7) is 5.85. The maximum absolute atomic E-state index is 12.2. The molecule has 126 valence electrons. The summed E-state index contributed by atoms with van der Waals surface area (Å²) in [7, 11) is 0. The molecule has 4 nitrogen and oxygen atoms in total. The fourth-order valence-electron chi connectivity index (χ4n) is 2.99. The molecule has 0 radical (unpaired) electrons. The minimum absolute atomic E-state index is 0.196. The third-order valence-electron chi connectivity index (χ3n) is 4.69. The Morgan fingerprint density at radius 2 is 1.87 bits per heavy atom. The molecule has 1 aliphatic carbocycles. The first-order valence-electron chi connectivity index (χ1n) is 8.61. The molecule has 1 N–H and O–H groups in total. The third kappa shape index (κ3) is 4.81. The molecule has 0 spiro atoms. The molecular formula is C19H27NO3. The van der Waals surface area contributed by atoms with E-state index in [9.17, 15) is 9.59 Å². The van der Waals surface area contributed by atoms with Crippen LogP contribution in [0.3, 0.4) is 0 Å². The highest BCUT2D eigenvalue weighted by molar-refractivity contribution is 5.92. The number of benzene rings is 1. The summed E-state index contributed by atoms with van der Waals surface area (Å²) in [5.74, 6) is -0.175. The fourth-order valence-corrected chi connectivity index (χ4v) is 2.99. The van der Waals surface area contributed by atoms with E-state index in [4.69, 9.17) is 4.74 Å². The van der Waals surface area contributed by atoms with Crippen LogP contribution in [0, 0.1) is 5.92 Å². The van der Waals surface area contributed by atoms with Gasteiger partial charge in [-0.25, -0.2) is 4.79 Å². The van der Waals surface area contributed by atoms with Gasteiger partial charge in [0.15, 0.2) is 6.10 Å². The van der Waals surface area contributed by atoms with Gasteiger partial charge in [0.05, 0.1) is 5.56 Å². The van der Waals surface area contributed by atoms with E-state index in [2.05, 4.69) is 19.2 Å². The topological polar surface area (TPSA) is 55.4 Å². The molecule has 1 fully saturated rings. The van der Waals surface area contributed by atoms with Crippen LogP contribution in [0.4, 0.5) is 0 Å². The molecule has 1 aliphatic rings. The normalized spacial score (nSPS) is 22.2. The maximum atomic E-state index is 12.2. The molecule has 1 amide bonds. The zero-order valence-corrected chi connectivity index (χ0v) is 14.3. The predicted octanol–water partition coefficient (Wildman–Crippen LogP) is 3.49. The summed E-state index contributed by atoms with van der Waals surface area (Å²) in [6, 6.07) is 7.50. The van der Waals surface area contributed by atoms with Crippen molar-refractivity contribution in [2.75, 3.05) is 0 Å². The number of aryl methyl sites for hydroxylation is 1. The lowest BCUT2D eigenvalue weighted by molar-refractivity contribution is -0.130. The van der Waals surface area contributed by atoms with Crippen LogP contribution in [0.25, 0.3) is 0 Å². The zero-order valence-electron chi connectivity index (χ0n) is 14.3. The summed E-state index contributed by atoms with van der Waals surface area (Å²) in [5, 5.41) is 3.03. The van der Waals surface area contributed by atoms with E-state index in [0.717, 1.165) is 25.7 Å². The van der Waals surface area contributed by atoms with Crippen molar-refractivity contribution in [1.29, 1.82) is 0 Å².